The summed E-state index contributed by atoms with van der Waals surface area (Å²) in [6.07, 6.45) is -3.70. The van der Waals surface area contributed by atoms with Crippen molar-refractivity contribution in [2.24, 2.45) is 0 Å². The Balaban J connectivity index is 1.49. The number of ether oxygens (including phenoxy) is 2. The first-order valence-corrected chi connectivity index (χ1v) is 7.03. The number of alkyl halides is 2. The molecule has 0 saturated heterocycles. The van der Waals surface area contributed by atoms with Crippen LogP contribution < -0.4 is 14.8 Å². The van der Waals surface area contributed by atoms with Gasteiger partial charge in [-0.2, -0.15) is 0 Å². The van der Waals surface area contributed by atoms with Crippen LogP contribution in [0.2, 0.25) is 0 Å². The number of anilines is 1. The molecule has 1 aromatic heterocycles. The van der Waals surface area contributed by atoms with E-state index in [1.54, 1.807) is 18.2 Å². The molecule has 0 spiro atoms. The van der Waals surface area contributed by atoms with Crippen LogP contribution in [0.5, 0.6) is 11.5 Å². The minimum Gasteiger partial charge on any atom is -0.395 e. The minimum absolute atomic E-state index is 0.0123. The summed E-state index contributed by atoms with van der Waals surface area (Å²) < 4.78 is 39.7. The Morgan fingerprint density at radius 3 is 2.79 bits per heavy atom. The Hall–Kier alpha value is -3.16. The summed E-state index contributed by atoms with van der Waals surface area (Å²) >= 11 is 0. The van der Waals surface area contributed by atoms with Crippen molar-refractivity contribution in [3.8, 4) is 11.5 Å². The highest BCUT2D eigenvalue weighted by Crippen LogP contribution is 2.42. The van der Waals surface area contributed by atoms with Gasteiger partial charge in [0.2, 0.25) is 5.91 Å². The molecule has 3 aromatic rings. The Bertz CT molecular complexity index is 939. The summed E-state index contributed by atoms with van der Waals surface area (Å²) in [5.74, 6) is -0.579. The number of rotatable bonds is 3. The third-order valence-corrected chi connectivity index (χ3v) is 3.47. The second kappa shape index (κ2) is 5.19. The molecule has 1 aliphatic heterocycles. The second-order valence-corrected chi connectivity index (χ2v) is 5.18. The summed E-state index contributed by atoms with van der Waals surface area (Å²) in [6, 6.07) is 11.2. The molecule has 122 valence electrons. The predicted molar refractivity (Wildman–Crippen MR) is 79.0 cm³/mol. The van der Waals surface area contributed by atoms with E-state index in [0.29, 0.717) is 17.0 Å². The number of carbonyl (C=O) groups excluding carboxylic acids is 1. The highest BCUT2D eigenvalue weighted by molar-refractivity contribution is 5.94. The number of carbonyl (C=O) groups is 1. The molecular weight excluding hydrogens is 322 g/mol. The Morgan fingerprint density at radius 1 is 1.12 bits per heavy atom. The Morgan fingerprint density at radius 2 is 1.92 bits per heavy atom. The molecule has 0 aliphatic carbocycles. The number of nitrogens with zero attached hydrogens (tertiary/aromatic N) is 1. The minimum atomic E-state index is -3.69. The number of aromatic nitrogens is 1. The average Bonchev–Trinajstić information content (AvgIpc) is 3.06. The highest BCUT2D eigenvalue weighted by atomic mass is 19.3. The van der Waals surface area contributed by atoms with Crippen LogP contribution in [0, 0.1) is 0 Å². The first-order chi connectivity index (χ1) is 11.5. The Labute approximate surface area is 133 Å². The van der Waals surface area contributed by atoms with Gasteiger partial charge in [0, 0.05) is 17.1 Å². The molecule has 1 N–H and O–H groups in total. The lowest BCUT2D eigenvalue weighted by Gasteiger charge is -2.05. The number of hydrogen-bond acceptors (Lipinski definition) is 5. The fourth-order valence-corrected chi connectivity index (χ4v) is 2.45. The van der Waals surface area contributed by atoms with Crippen LogP contribution in [0.15, 0.2) is 47.0 Å². The zero-order valence-electron chi connectivity index (χ0n) is 12.1. The fourth-order valence-electron chi connectivity index (χ4n) is 2.45. The van der Waals surface area contributed by atoms with E-state index in [1.807, 2.05) is 6.07 Å². The van der Waals surface area contributed by atoms with Crippen LogP contribution in [0.25, 0.3) is 11.0 Å². The van der Waals surface area contributed by atoms with E-state index < -0.39 is 6.29 Å². The summed E-state index contributed by atoms with van der Waals surface area (Å²) in [6.45, 7) is 0. The molecule has 1 amide bonds. The molecule has 6 nitrogen and oxygen atoms in total. The quantitative estimate of drug-likeness (QED) is 0.796. The van der Waals surface area contributed by atoms with Gasteiger partial charge < -0.3 is 19.3 Å². The van der Waals surface area contributed by atoms with Crippen molar-refractivity contribution < 1.29 is 27.6 Å². The van der Waals surface area contributed by atoms with Crippen LogP contribution in [0.1, 0.15) is 5.69 Å². The third kappa shape index (κ3) is 2.62. The van der Waals surface area contributed by atoms with Gasteiger partial charge in [0.1, 0.15) is 5.69 Å². The van der Waals surface area contributed by atoms with Gasteiger partial charge in [-0.05, 0) is 24.3 Å². The lowest BCUT2D eigenvalue weighted by Crippen LogP contribution is -2.25. The molecule has 1 aliphatic rings. The van der Waals surface area contributed by atoms with Gasteiger partial charge in [0.05, 0.1) is 6.42 Å². The summed E-state index contributed by atoms with van der Waals surface area (Å²) in [5, 5.41) is 7.22. The summed E-state index contributed by atoms with van der Waals surface area (Å²) in [5.41, 5.74) is 1.40. The van der Waals surface area contributed by atoms with E-state index in [2.05, 4.69) is 19.9 Å². The Kier molecular flexibility index (Phi) is 3.12. The fraction of sp³-hybridized carbons (Fsp3) is 0.125. The lowest BCUT2D eigenvalue weighted by molar-refractivity contribution is -0.286. The highest BCUT2D eigenvalue weighted by Gasteiger charge is 2.43. The van der Waals surface area contributed by atoms with Crippen molar-refractivity contribution in [3.05, 3.63) is 48.2 Å². The molecule has 0 fully saturated rings. The van der Waals surface area contributed by atoms with Crippen LogP contribution in [-0.4, -0.2) is 17.4 Å². The van der Waals surface area contributed by atoms with E-state index >= 15 is 0 Å². The van der Waals surface area contributed by atoms with Gasteiger partial charge >= 0.3 is 6.29 Å². The summed E-state index contributed by atoms with van der Waals surface area (Å²) in [7, 11) is 0. The van der Waals surface area contributed by atoms with Crippen LogP contribution in [0.3, 0.4) is 0 Å². The van der Waals surface area contributed by atoms with E-state index in [0.717, 1.165) is 5.39 Å². The molecule has 0 unspecified atom stereocenters. The number of hydrogen-bond donors (Lipinski definition) is 1. The van der Waals surface area contributed by atoms with Gasteiger partial charge in [0.15, 0.2) is 17.1 Å². The average molecular weight is 332 g/mol. The molecule has 0 radical (unpaired) electrons. The smallest absolute Gasteiger partial charge is 0.395 e. The third-order valence-electron chi connectivity index (χ3n) is 3.47. The van der Waals surface area contributed by atoms with Crippen LogP contribution in [0.4, 0.5) is 14.5 Å². The van der Waals surface area contributed by atoms with Crippen molar-refractivity contribution >= 4 is 22.6 Å². The normalized spacial score (nSPS) is 14.8. The van der Waals surface area contributed by atoms with Crippen LogP contribution >= 0.6 is 0 Å². The largest absolute Gasteiger partial charge is 0.586 e. The number of amides is 1. The van der Waals surface area contributed by atoms with Crippen molar-refractivity contribution in [1.29, 1.82) is 0 Å². The van der Waals surface area contributed by atoms with Crippen LogP contribution in [-0.2, 0) is 11.2 Å². The number of halogens is 2. The first kappa shape index (κ1) is 14.4. The van der Waals surface area contributed by atoms with Gasteiger partial charge in [0.25, 0.3) is 0 Å². The first-order valence-electron chi connectivity index (χ1n) is 7.03. The van der Waals surface area contributed by atoms with E-state index in [9.17, 15) is 13.6 Å². The number of benzene rings is 2. The maximum atomic E-state index is 13.0. The maximum Gasteiger partial charge on any atom is 0.586 e. The number of nitrogens with one attached hydrogen (secondary N) is 1. The van der Waals surface area contributed by atoms with Gasteiger partial charge in [-0.25, -0.2) is 0 Å². The summed E-state index contributed by atoms with van der Waals surface area (Å²) in [4.78, 5) is 12.1. The number of para-hydroxylation sites is 1. The maximum absolute atomic E-state index is 13.0. The molecule has 8 heteroatoms. The second-order valence-electron chi connectivity index (χ2n) is 5.18. The zero-order valence-corrected chi connectivity index (χ0v) is 12.1. The molecule has 0 bridgehead atoms. The van der Waals surface area contributed by atoms with Crippen molar-refractivity contribution in [1.82, 2.24) is 5.16 Å². The SMILES string of the molecule is O=C(Cc1noc2ccccc12)Nc1ccc2c(c1)OC(F)(F)O2. The molecule has 0 saturated carbocycles. The predicted octanol–water partition coefficient (Wildman–Crippen LogP) is 3.33. The molecule has 2 heterocycles. The van der Waals surface area contributed by atoms with Gasteiger partial charge in [-0.15, -0.1) is 8.78 Å². The topological polar surface area (TPSA) is 73.6 Å². The standard InChI is InChI=1S/C16H10F2N2O4/c17-16(18)22-13-6-5-9(7-14(13)23-16)19-15(21)8-11-10-3-1-2-4-12(10)24-20-11/h1-7H,8H2,(H,19,21). The van der Waals surface area contributed by atoms with Gasteiger partial charge in [-0.1, -0.05) is 17.3 Å². The van der Waals surface area contributed by atoms with E-state index in [-0.39, 0.29) is 23.8 Å². The number of fused-ring (bicyclic) bond motifs is 2. The van der Waals surface area contributed by atoms with E-state index in [1.165, 1.54) is 18.2 Å². The zero-order chi connectivity index (χ0) is 16.7. The van der Waals surface area contributed by atoms with Crippen molar-refractivity contribution in [3.63, 3.8) is 0 Å². The molecule has 4 rings (SSSR count). The lowest BCUT2D eigenvalue weighted by atomic mass is 10.1. The molecular formula is C16H10F2N2O4. The van der Waals surface area contributed by atoms with Crippen molar-refractivity contribution in [2.45, 2.75) is 12.7 Å². The van der Waals surface area contributed by atoms with Gasteiger partial charge in [-0.3, -0.25) is 4.79 Å². The van der Waals surface area contributed by atoms with Crippen molar-refractivity contribution in [2.75, 3.05) is 5.32 Å². The van der Waals surface area contributed by atoms with E-state index in [4.69, 9.17) is 4.52 Å². The molecule has 2 aromatic carbocycles. The monoisotopic (exact) mass is 332 g/mol. The molecule has 24 heavy (non-hydrogen) atoms. The molecule has 0 atom stereocenters.